The molecule has 2 saturated carbocycles. The van der Waals surface area contributed by atoms with Crippen molar-refractivity contribution in [1.82, 2.24) is 0 Å². The predicted molar refractivity (Wildman–Crippen MR) is 119 cm³/mol. The fourth-order valence-corrected chi connectivity index (χ4v) is 5.52. The second-order valence-electron chi connectivity index (χ2n) is 8.80. The minimum Gasteiger partial charge on any atom is -0.497 e. The Morgan fingerprint density at radius 3 is 2.30 bits per heavy atom. The van der Waals surface area contributed by atoms with Crippen LogP contribution < -0.4 is 15.0 Å². The molecule has 0 radical (unpaired) electrons. The number of imide groups is 1. The maximum absolute atomic E-state index is 13.0. The van der Waals surface area contributed by atoms with Crippen molar-refractivity contribution in [3.63, 3.8) is 0 Å². The molecule has 2 bridgehead atoms. The number of methoxy groups -OCH3 is 1. The quantitative estimate of drug-likeness (QED) is 0.538. The van der Waals surface area contributed by atoms with E-state index >= 15 is 0 Å². The zero-order chi connectivity index (χ0) is 23.1. The number of anilines is 2. The van der Waals surface area contributed by atoms with Crippen LogP contribution in [0.25, 0.3) is 0 Å². The first kappa shape index (κ1) is 21.2. The molecule has 2 aliphatic carbocycles. The Hall–Kier alpha value is -3.68. The summed E-state index contributed by atoms with van der Waals surface area (Å²) in [5.74, 6) is -0.743. The summed E-state index contributed by atoms with van der Waals surface area (Å²) < 4.78 is 10.2. The van der Waals surface area contributed by atoms with Gasteiger partial charge in [0.15, 0.2) is 6.61 Å². The number of esters is 1. The summed E-state index contributed by atoms with van der Waals surface area (Å²) in [5, 5.41) is 2.64. The number of benzene rings is 2. The van der Waals surface area contributed by atoms with E-state index in [2.05, 4.69) is 5.32 Å². The lowest BCUT2D eigenvalue weighted by molar-refractivity contribution is -0.123. The highest BCUT2D eigenvalue weighted by Gasteiger charge is 2.61. The molecule has 2 aromatic carbocycles. The molecule has 3 fully saturated rings. The summed E-state index contributed by atoms with van der Waals surface area (Å²) in [7, 11) is 1.55. The van der Waals surface area contributed by atoms with Crippen LogP contribution >= 0.6 is 0 Å². The molecule has 4 atom stereocenters. The summed E-state index contributed by atoms with van der Waals surface area (Å²) in [4.78, 5) is 51.9. The van der Waals surface area contributed by atoms with Crippen LogP contribution in [-0.4, -0.2) is 37.4 Å². The van der Waals surface area contributed by atoms with Gasteiger partial charge in [-0.25, -0.2) is 4.79 Å². The number of nitrogens with one attached hydrogen (secondary N) is 1. The van der Waals surface area contributed by atoms with Gasteiger partial charge in [-0.3, -0.25) is 19.3 Å². The molecule has 33 heavy (non-hydrogen) atoms. The molecular weight excluding hydrogens is 424 g/mol. The highest BCUT2D eigenvalue weighted by atomic mass is 16.5. The first-order valence-electron chi connectivity index (χ1n) is 11.0. The molecule has 8 nitrogen and oxygen atoms in total. The molecule has 170 valence electrons. The maximum Gasteiger partial charge on any atom is 0.338 e. The average Bonchev–Trinajstić information content (AvgIpc) is 3.51. The minimum atomic E-state index is -0.707. The van der Waals surface area contributed by atoms with E-state index in [1.807, 2.05) is 0 Å². The van der Waals surface area contributed by atoms with E-state index < -0.39 is 18.5 Å². The van der Waals surface area contributed by atoms with Crippen LogP contribution in [0.5, 0.6) is 5.75 Å². The summed E-state index contributed by atoms with van der Waals surface area (Å²) in [6.07, 6.45) is 2.97. The van der Waals surface area contributed by atoms with Crippen molar-refractivity contribution in [2.75, 3.05) is 23.9 Å². The van der Waals surface area contributed by atoms with Gasteiger partial charge in [0.25, 0.3) is 5.91 Å². The van der Waals surface area contributed by atoms with Crippen molar-refractivity contribution < 1.29 is 28.7 Å². The average molecular weight is 448 g/mol. The summed E-state index contributed by atoms with van der Waals surface area (Å²) in [6.45, 7) is -0.468. The minimum absolute atomic E-state index is 0.165. The van der Waals surface area contributed by atoms with Crippen LogP contribution in [0, 0.1) is 23.7 Å². The van der Waals surface area contributed by atoms with Crippen LogP contribution in [0.2, 0.25) is 0 Å². The standard InChI is InChI=1S/C25H24N2O6/c1-32-19-9-7-17(8-10-19)26-20(28)13-33-25(31)16-3-2-4-18(12-16)27-23(29)21-14-5-6-15(11-14)22(21)24(27)30/h2-4,7-10,12,14-15,21-22H,5-6,11,13H2,1H3,(H,26,28)/t14-,15-,21-,22+/m0/s1. The summed E-state index contributed by atoms with van der Waals surface area (Å²) >= 11 is 0. The van der Waals surface area contributed by atoms with Gasteiger partial charge < -0.3 is 14.8 Å². The first-order chi connectivity index (χ1) is 16.0. The third kappa shape index (κ3) is 3.75. The number of rotatable bonds is 6. The lowest BCUT2D eigenvalue weighted by atomic mass is 9.81. The predicted octanol–water partition coefficient (Wildman–Crippen LogP) is 3.03. The fourth-order valence-electron chi connectivity index (χ4n) is 5.52. The Morgan fingerprint density at radius 2 is 1.67 bits per heavy atom. The van der Waals surface area contributed by atoms with Crippen molar-refractivity contribution >= 4 is 35.1 Å². The Bertz CT molecular complexity index is 1100. The van der Waals surface area contributed by atoms with Gasteiger partial charge in [-0.2, -0.15) is 0 Å². The van der Waals surface area contributed by atoms with Gasteiger partial charge in [0.05, 0.1) is 30.2 Å². The molecular formula is C25H24N2O6. The van der Waals surface area contributed by atoms with Gasteiger partial charge in [-0.1, -0.05) is 6.07 Å². The lowest BCUT2D eigenvalue weighted by Crippen LogP contribution is -2.32. The Labute approximate surface area is 190 Å². The van der Waals surface area contributed by atoms with Gasteiger partial charge in [0.2, 0.25) is 11.8 Å². The Balaban J connectivity index is 1.23. The zero-order valence-electron chi connectivity index (χ0n) is 18.2. The van der Waals surface area contributed by atoms with E-state index in [4.69, 9.17) is 9.47 Å². The molecule has 0 aromatic heterocycles. The third-order valence-corrected chi connectivity index (χ3v) is 6.98. The van der Waals surface area contributed by atoms with Crippen LogP contribution in [0.3, 0.4) is 0 Å². The second-order valence-corrected chi connectivity index (χ2v) is 8.80. The number of carbonyl (C=O) groups excluding carboxylic acids is 4. The highest BCUT2D eigenvalue weighted by Crippen LogP contribution is 2.56. The number of ether oxygens (including phenoxy) is 2. The topological polar surface area (TPSA) is 102 Å². The SMILES string of the molecule is COc1ccc(NC(=O)COC(=O)c2cccc(N3C(=O)[C@@H]4[C@H]5CC[C@@H](C5)[C@@H]4C3=O)c2)cc1. The lowest BCUT2D eigenvalue weighted by Gasteiger charge is -2.19. The van der Waals surface area contributed by atoms with Gasteiger partial charge in [0.1, 0.15) is 5.75 Å². The number of carbonyl (C=O) groups is 4. The number of hydrogen-bond acceptors (Lipinski definition) is 6. The number of hydrogen-bond donors (Lipinski definition) is 1. The molecule has 0 unspecified atom stereocenters. The number of nitrogens with zero attached hydrogens (tertiary/aromatic N) is 1. The van der Waals surface area contributed by atoms with Crippen LogP contribution in [0.4, 0.5) is 11.4 Å². The molecule has 1 aliphatic heterocycles. The molecule has 3 aliphatic rings. The van der Waals surface area contributed by atoms with E-state index in [-0.39, 0.29) is 29.2 Å². The summed E-state index contributed by atoms with van der Waals surface area (Å²) in [5.41, 5.74) is 1.09. The van der Waals surface area contributed by atoms with E-state index in [1.165, 1.54) is 17.0 Å². The van der Waals surface area contributed by atoms with Crippen molar-refractivity contribution in [2.45, 2.75) is 19.3 Å². The van der Waals surface area contributed by atoms with Gasteiger partial charge in [-0.15, -0.1) is 0 Å². The van der Waals surface area contributed by atoms with Crippen LogP contribution in [0.15, 0.2) is 48.5 Å². The van der Waals surface area contributed by atoms with E-state index in [9.17, 15) is 19.2 Å². The molecule has 3 amide bonds. The molecule has 1 heterocycles. The Kier molecular flexibility index (Phi) is 5.36. The monoisotopic (exact) mass is 448 g/mol. The molecule has 5 rings (SSSR count). The second kappa shape index (κ2) is 8.35. The molecule has 8 heteroatoms. The maximum atomic E-state index is 13.0. The van der Waals surface area contributed by atoms with Crippen molar-refractivity contribution in [2.24, 2.45) is 23.7 Å². The van der Waals surface area contributed by atoms with Gasteiger partial charge in [0, 0.05) is 5.69 Å². The van der Waals surface area contributed by atoms with Crippen molar-refractivity contribution in [1.29, 1.82) is 0 Å². The van der Waals surface area contributed by atoms with Gasteiger partial charge in [-0.05, 0) is 73.6 Å². The van der Waals surface area contributed by atoms with Crippen LogP contribution in [-0.2, 0) is 19.1 Å². The van der Waals surface area contributed by atoms with Gasteiger partial charge >= 0.3 is 5.97 Å². The highest BCUT2D eigenvalue weighted by molar-refractivity contribution is 6.22. The molecule has 1 N–H and O–H groups in total. The molecule has 2 aromatic rings. The number of fused-ring (bicyclic) bond motifs is 5. The number of amides is 3. The molecule has 0 spiro atoms. The first-order valence-corrected chi connectivity index (χ1v) is 11.0. The molecule has 1 saturated heterocycles. The smallest absolute Gasteiger partial charge is 0.338 e. The summed E-state index contributed by atoms with van der Waals surface area (Å²) in [6, 6.07) is 13.0. The van der Waals surface area contributed by atoms with E-state index in [0.717, 1.165) is 19.3 Å². The fraction of sp³-hybridized carbons (Fsp3) is 0.360. The normalized spacial score (nSPS) is 25.2. The third-order valence-electron chi connectivity index (χ3n) is 6.98. The van der Waals surface area contributed by atoms with Crippen LogP contribution in [0.1, 0.15) is 29.6 Å². The Morgan fingerprint density at radius 1 is 1.00 bits per heavy atom. The van der Waals surface area contributed by atoms with E-state index in [0.29, 0.717) is 29.0 Å². The van der Waals surface area contributed by atoms with Crippen molar-refractivity contribution in [3.8, 4) is 5.75 Å². The van der Waals surface area contributed by atoms with E-state index in [1.54, 1.807) is 43.5 Å². The zero-order valence-corrected chi connectivity index (χ0v) is 18.2. The largest absolute Gasteiger partial charge is 0.497 e. The van der Waals surface area contributed by atoms with Crippen molar-refractivity contribution in [3.05, 3.63) is 54.1 Å².